The molecule has 2 N–H and O–H groups in total. The third-order valence-corrected chi connectivity index (χ3v) is 3.77. The number of rotatable bonds is 4. The summed E-state index contributed by atoms with van der Waals surface area (Å²) < 4.78 is 5.54. The molecule has 3 heterocycles. The molecule has 2 aromatic heterocycles. The molecular weight excluding hydrogens is 306 g/mol. The quantitative estimate of drug-likeness (QED) is 0.898. The van der Waals surface area contributed by atoms with Gasteiger partial charge in [-0.1, -0.05) is 6.07 Å². The highest BCUT2D eigenvalue weighted by atomic mass is 16.5. The van der Waals surface area contributed by atoms with Gasteiger partial charge in [-0.15, -0.1) is 0 Å². The van der Waals surface area contributed by atoms with E-state index >= 15 is 0 Å². The number of carbonyl (C=O) groups is 1. The van der Waals surface area contributed by atoms with Gasteiger partial charge >= 0.3 is 6.03 Å². The van der Waals surface area contributed by atoms with Gasteiger partial charge in [-0.2, -0.15) is 0 Å². The third kappa shape index (κ3) is 4.42. The van der Waals surface area contributed by atoms with E-state index in [0.29, 0.717) is 12.2 Å². The van der Waals surface area contributed by atoms with Crippen LogP contribution in [-0.4, -0.2) is 41.8 Å². The first kappa shape index (κ1) is 16.2. The van der Waals surface area contributed by atoms with Gasteiger partial charge in [0.15, 0.2) is 0 Å². The molecule has 0 saturated carbocycles. The molecule has 1 aliphatic rings. The Balaban J connectivity index is 1.50. The van der Waals surface area contributed by atoms with Gasteiger partial charge in [0.25, 0.3) is 0 Å². The zero-order valence-corrected chi connectivity index (χ0v) is 13.6. The molecule has 0 aliphatic carbocycles. The van der Waals surface area contributed by atoms with Crippen molar-refractivity contribution >= 4 is 17.5 Å². The molecule has 0 bridgehead atoms. The van der Waals surface area contributed by atoms with Crippen LogP contribution in [0.2, 0.25) is 0 Å². The van der Waals surface area contributed by atoms with Crippen molar-refractivity contribution in [2.45, 2.75) is 19.6 Å². The van der Waals surface area contributed by atoms with Crippen LogP contribution < -0.4 is 15.5 Å². The van der Waals surface area contributed by atoms with E-state index in [4.69, 9.17) is 4.74 Å². The Labute approximate surface area is 141 Å². The van der Waals surface area contributed by atoms with Gasteiger partial charge < -0.3 is 20.3 Å². The largest absolute Gasteiger partial charge is 0.375 e. The third-order valence-electron chi connectivity index (χ3n) is 3.77. The molecule has 0 unspecified atom stereocenters. The van der Waals surface area contributed by atoms with Crippen LogP contribution in [0.4, 0.5) is 16.3 Å². The summed E-state index contributed by atoms with van der Waals surface area (Å²) in [6.45, 7) is 4.90. The fourth-order valence-electron chi connectivity index (χ4n) is 2.53. The van der Waals surface area contributed by atoms with Crippen LogP contribution in [0.15, 0.2) is 42.9 Å². The Morgan fingerprint density at radius 3 is 2.88 bits per heavy atom. The maximum Gasteiger partial charge on any atom is 0.319 e. The van der Waals surface area contributed by atoms with Crippen LogP contribution >= 0.6 is 0 Å². The van der Waals surface area contributed by atoms with Gasteiger partial charge in [0.05, 0.1) is 12.7 Å². The minimum Gasteiger partial charge on any atom is -0.375 e. The number of nitrogens with zero attached hydrogens (tertiary/aromatic N) is 3. The summed E-state index contributed by atoms with van der Waals surface area (Å²) in [6, 6.07) is 7.18. The molecule has 2 amide bonds. The number of carbonyl (C=O) groups excluding carboxylic acids is 1. The number of hydrogen-bond donors (Lipinski definition) is 2. The van der Waals surface area contributed by atoms with Crippen LogP contribution in [0, 0.1) is 0 Å². The summed E-state index contributed by atoms with van der Waals surface area (Å²) in [5, 5.41) is 5.56. The molecule has 7 heteroatoms. The lowest BCUT2D eigenvalue weighted by atomic mass is 10.2. The lowest BCUT2D eigenvalue weighted by Crippen LogP contribution is -2.41. The predicted molar refractivity (Wildman–Crippen MR) is 92.0 cm³/mol. The van der Waals surface area contributed by atoms with Crippen LogP contribution in [0.25, 0.3) is 0 Å². The second-order valence-electron chi connectivity index (χ2n) is 5.70. The Morgan fingerprint density at radius 2 is 2.17 bits per heavy atom. The Bertz CT molecular complexity index is 662. The summed E-state index contributed by atoms with van der Waals surface area (Å²) in [7, 11) is 0. The zero-order valence-electron chi connectivity index (χ0n) is 13.6. The van der Waals surface area contributed by atoms with Gasteiger partial charge in [0.1, 0.15) is 5.82 Å². The number of ether oxygens (including phenoxy) is 1. The average Bonchev–Trinajstić information content (AvgIpc) is 2.61. The molecule has 126 valence electrons. The smallest absolute Gasteiger partial charge is 0.319 e. The van der Waals surface area contributed by atoms with Crippen LogP contribution in [0.5, 0.6) is 0 Å². The van der Waals surface area contributed by atoms with Crippen molar-refractivity contribution < 1.29 is 9.53 Å². The molecule has 24 heavy (non-hydrogen) atoms. The maximum atomic E-state index is 11.9. The van der Waals surface area contributed by atoms with Gasteiger partial charge in [-0.3, -0.25) is 4.98 Å². The molecule has 7 nitrogen and oxygen atoms in total. The Kier molecular flexibility index (Phi) is 5.22. The Hall–Kier alpha value is -2.67. The van der Waals surface area contributed by atoms with Crippen molar-refractivity contribution in [2.24, 2.45) is 0 Å². The van der Waals surface area contributed by atoms with Crippen LogP contribution in [0.1, 0.15) is 12.5 Å². The number of amides is 2. The second-order valence-corrected chi connectivity index (χ2v) is 5.70. The van der Waals surface area contributed by atoms with Crippen molar-refractivity contribution in [1.29, 1.82) is 0 Å². The summed E-state index contributed by atoms with van der Waals surface area (Å²) in [4.78, 5) is 22.5. The lowest BCUT2D eigenvalue weighted by molar-refractivity contribution is 0.0529. The number of pyridine rings is 2. The topological polar surface area (TPSA) is 79.4 Å². The van der Waals surface area contributed by atoms with Crippen LogP contribution in [0.3, 0.4) is 0 Å². The van der Waals surface area contributed by atoms with Crippen LogP contribution in [-0.2, 0) is 11.3 Å². The van der Waals surface area contributed by atoms with E-state index in [1.54, 1.807) is 30.7 Å². The molecule has 2 aromatic rings. The normalized spacial score (nSPS) is 17.4. The average molecular weight is 327 g/mol. The number of morpholine rings is 1. The van der Waals surface area contributed by atoms with Gasteiger partial charge in [0, 0.05) is 43.9 Å². The molecular formula is C17H21N5O2. The molecule has 1 aliphatic heterocycles. The maximum absolute atomic E-state index is 11.9. The monoisotopic (exact) mass is 327 g/mol. The van der Waals surface area contributed by atoms with E-state index < -0.39 is 0 Å². The van der Waals surface area contributed by atoms with Crippen molar-refractivity contribution in [3.63, 3.8) is 0 Å². The van der Waals surface area contributed by atoms with E-state index in [1.165, 1.54) is 0 Å². The first-order chi connectivity index (χ1) is 11.7. The zero-order chi connectivity index (χ0) is 16.8. The standard InChI is InChI=1S/C17H21N5O2/c1-13-12-22(8-9-24-13)16-3-2-14(10-19-16)11-20-17(23)21-15-4-6-18-7-5-15/h2-7,10,13H,8-9,11-12H2,1H3,(H2,18,20,21,23)/t13-/m0/s1. The molecule has 0 aromatic carbocycles. The Morgan fingerprint density at radius 1 is 1.33 bits per heavy atom. The molecule has 0 spiro atoms. The molecule has 3 rings (SSSR count). The predicted octanol–water partition coefficient (Wildman–Crippen LogP) is 2.02. The molecule has 1 saturated heterocycles. The van der Waals surface area contributed by atoms with E-state index in [0.717, 1.165) is 31.1 Å². The van der Waals surface area contributed by atoms with E-state index in [1.807, 2.05) is 12.1 Å². The van der Waals surface area contributed by atoms with Crippen molar-refractivity contribution in [1.82, 2.24) is 15.3 Å². The van der Waals surface area contributed by atoms with Crippen molar-refractivity contribution in [2.75, 3.05) is 29.9 Å². The van der Waals surface area contributed by atoms with Gasteiger partial charge in [0.2, 0.25) is 0 Å². The number of urea groups is 1. The first-order valence-electron chi connectivity index (χ1n) is 7.97. The number of hydrogen-bond acceptors (Lipinski definition) is 5. The highest BCUT2D eigenvalue weighted by molar-refractivity contribution is 5.88. The molecule has 0 radical (unpaired) electrons. The van der Waals surface area contributed by atoms with E-state index in [2.05, 4.69) is 32.4 Å². The number of anilines is 2. The summed E-state index contributed by atoms with van der Waals surface area (Å²) in [6.07, 6.45) is 5.27. The van der Waals surface area contributed by atoms with E-state index in [9.17, 15) is 4.79 Å². The highest BCUT2D eigenvalue weighted by Crippen LogP contribution is 2.15. The first-order valence-corrected chi connectivity index (χ1v) is 7.97. The summed E-state index contributed by atoms with van der Waals surface area (Å²) >= 11 is 0. The van der Waals surface area contributed by atoms with Gasteiger partial charge in [-0.25, -0.2) is 9.78 Å². The molecule has 1 atom stereocenters. The summed E-state index contributed by atoms with van der Waals surface area (Å²) in [5.74, 6) is 0.940. The number of aromatic nitrogens is 2. The minimum absolute atomic E-state index is 0.221. The fourth-order valence-corrected chi connectivity index (χ4v) is 2.53. The van der Waals surface area contributed by atoms with Gasteiger partial charge in [-0.05, 0) is 30.7 Å². The number of nitrogens with one attached hydrogen (secondary N) is 2. The van der Waals surface area contributed by atoms with E-state index in [-0.39, 0.29) is 12.1 Å². The lowest BCUT2D eigenvalue weighted by Gasteiger charge is -2.32. The van der Waals surface area contributed by atoms with Crippen molar-refractivity contribution in [3.05, 3.63) is 48.4 Å². The molecule has 1 fully saturated rings. The highest BCUT2D eigenvalue weighted by Gasteiger charge is 2.17. The summed E-state index contributed by atoms with van der Waals surface area (Å²) in [5.41, 5.74) is 1.65. The fraction of sp³-hybridized carbons (Fsp3) is 0.353. The SMILES string of the molecule is C[C@H]1CN(c2ccc(CNC(=O)Nc3ccncc3)cn2)CCO1. The van der Waals surface area contributed by atoms with Crippen molar-refractivity contribution in [3.8, 4) is 0 Å². The second kappa shape index (κ2) is 7.74. The minimum atomic E-state index is -0.257.